The average molecular weight is 259 g/mol. The quantitative estimate of drug-likeness (QED) is 0.607. The van der Waals surface area contributed by atoms with Crippen molar-refractivity contribution in [2.24, 2.45) is 0 Å². The lowest BCUT2D eigenvalue weighted by atomic mass is 10.2. The van der Waals surface area contributed by atoms with Crippen LogP contribution in [0, 0.1) is 0 Å². The lowest BCUT2D eigenvalue weighted by Crippen LogP contribution is -1.85. The molecule has 0 bridgehead atoms. The van der Waals surface area contributed by atoms with Gasteiger partial charge in [-0.3, -0.25) is 4.79 Å². The van der Waals surface area contributed by atoms with Gasteiger partial charge in [0.2, 0.25) is 0 Å². The summed E-state index contributed by atoms with van der Waals surface area (Å²) in [7, 11) is 0. The van der Waals surface area contributed by atoms with Crippen molar-refractivity contribution in [2.75, 3.05) is 0 Å². The van der Waals surface area contributed by atoms with E-state index < -0.39 is 0 Å². The zero-order chi connectivity index (χ0) is 12.8. The van der Waals surface area contributed by atoms with Crippen LogP contribution < -0.4 is 4.74 Å². The van der Waals surface area contributed by atoms with Crippen molar-refractivity contribution < 1.29 is 9.53 Å². The Morgan fingerprint density at radius 3 is 2.50 bits per heavy atom. The molecule has 90 valence electrons. The second kappa shape index (κ2) is 6.03. The molecule has 0 aromatic heterocycles. The van der Waals surface area contributed by atoms with Gasteiger partial charge >= 0.3 is 0 Å². The molecule has 2 rings (SSSR count). The van der Waals surface area contributed by atoms with Gasteiger partial charge in [-0.15, -0.1) is 0 Å². The Labute approximate surface area is 110 Å². The first-order valence-corrected chi connectivity index (χ1v) is 5.80. The molecule has 0 spiro atoms. The van der Waals surface area contributed by atoms with Crippen molar-refractivity contribution in [1.29, 1.82) is 0 Å². The van der Waals surface area contributed by atoms with Gasteiger partial charge in [-0.25, -0.2) is 0 Å². The second-order valence-corrected chi connectivity index (χ2v) is 4.04. The van der Waals surface area contributed by atoms with E-state index in [1.165, 1.54) is 0 Å². The van der Waals surface area contributed by atoms with Gasteiger partial charge in [-0.05, 0) is 23.8 Å². The van der Waals surface area contributed by atoms with E-state index in [1.54, 1.807) is 24.5 Å². The normalized spacial score (nSPS) is 10.5. The molecule has 2 aromatic rings. The van der Waals surface area contributed by atoms with Gasteiger partial charge in [0.1, 0.15) is 5.75 Å². The maximum atomic E-state index is 10.6. The summed E-state index contributed by atoms with van der Waals surface area (Å²) in [6, 6.07) is 14.7. The number of carbonyl (C=O) groups is 1. The lowest BCUT2D eigenvalue weighted by Gasteiger charge is -2.02. The Morgan fingerprint density at radius 2 is 1.83 bits per heavy atom. The van der Waals surface area contributed by atoms with E-state index in [9.17, 15) is 4.79 Å². The van der Waals surface area contributed by atoms with E-state index in [0.717, 1.165) is 5.56 Å². The predicted molar refractivity (Wildman–Crippen MR) is 72.9 cm³/mol. The number of hydrogen-bond acceptors (Lipinski definition) is 2. The third kappa shape index (κ3) is 3.22. The molecular weight excluding hydrogens is 248 g/mol. The van der Waals surface area contributed by atoms with Crippen molar-refractivity contribution in [3.8, 4) is 5.75 Å². The number of benzene rings is 2. The van der Waals surface area contributed by atoms with Crippen molar-refractivity contribution in [3.63, 3.8) is 0 Å². The fourth-order valence-electron chi connectivity index (χ4n) is 1.43. The first-order chi connectivity index (χ1) is 8.79. The highest BCUT2D eigenvalue weighted by atomic mass is 35.5. The first kappa shape index (κ1) is 12.4. The molecular formula is C15H11ClO2. The topological polar surface area (TPSA) is 26.3 Å². The number of halogens is 1. The summed E-state index contributed by atoms with van der Waals surface area (Å²) in [6.45, 7) is 0. The van der Waals surface area contributed by atoms with E-state index in [-0.39, 0.29) is 0 Å². The van der Waals surface area contributed by atoms with Crippen molar-refractivity contribution >= 4 is 24.0 Å². The van der Waals surface area contributed by atoms with Crippen molar-refractivity contribution in [2.45, 2.75) is 0 Å². The summed E-state index contributed by atoms with van der Waals surface area (Å²) in [6.07, 6.45) is 4.15. The molecule has 0 radical (unpaired) electrons. The fourth-order valence-corrected chi connectivity index (χ4v) is 1.65. The van der Waals surface area contributed by atoms with Gasteiger partial charge in [0, 0.05) is 11.6 Å². The third-order valence-electron chi connectivity index (χ3n) is 2.36. The van der Waals surface area contributed by atoms with Gasteiger partial charge in [0.05, 0.1) is 11.3 Å². The smallest absolute Gasteiger partial charge is 0.151 e. The summed E-state index contributed by atoms with van der Waals surface area (Å²) in [5.41, 5.74) is 1.50. The number of aldehydes is 1. The minimum atomic E-state index is 0.385. The molecule has 0 unspecified atom stereocenters. The zero-order valence-corrected chi connectivity index (χ0v) is 10.3. The molecule has 3 heteroatoms. The standard InChI is InChI=1S/C15H11ClO2/c16-15-10-14(7-6-13(15)11-17)18-9-8-12-4-2-1-3-5-12/h1-11H. The van der Waals surface area contributed by atoms with Gasteiger partial charge in [0.15, 0.2) is 6.29 Å². The van der Waals surface area contributed by atoms with Gasteiger partial charge < -0.3 is 4.74 Å². The Hall–Kier alpha value is -2.06. The Bertz CT molecular complexity index is 562. The summed E-state index contributed by atoms with van der Waals surface area (Å²) in [5, 5.41) is 0.385. The number of rotatable bonds is 4. The lowest BCUT2D eigenvalue weighted by molar-refractivity contribution is 0.112. The second-order valence-electron chi connectivity index (χ2n) is 3.63. The zero-order valence-electron chi connectivity index (χ0n) is 9.55. The molecule has 0 atom stereocenters. The van der Waals surface area contributed by atoms with Crippen LogP contribution in [-0.4, -0.2) is 6.29 Å². The molecule has 0 saturated carbocycles. The molecule has 2 aromatic carbocycles. The molecule has 0 heterocycles. The van der Waals surface area contributed by atoms with E-state index >= 15 is 0 Å². The SMILES string of the molecule is O=Cc1ccc(OC=Cc2ccccc2)cc1Cl. The average Bonchev–Trinajstić information content (AvgIpc) is 2.40. The molecule has 0 saturated heterocycles. The summed E-state index contributed by atoms with van der Waals surface area (Å²) in [5.74, 6) is 0.595. The minimum absolute atomic E-state index is 0.385. The molecule has 0 aliphatic heterocycles. The van der Waals surface area contributed by atoms with Crippen LogP contribution in [0.4, 0.5) is 0 Å². The van der Waals surface area contributed by atoms with Crippen LogP contribution in [0.5, 0.6) is 5.75 Å². The van der Waals surface area contributed by atoms with Crippen LogP contribution in [0.3, 0.4) is 0 Å². The number of carbonyl (C=O) groups excluding carboxylic acids is 1. The minimum Gasteiger partial charge on any atom is -0.465 e. The van der Waals surface area contributed by atoms with Gasteiger partial charge in [-0.1, -0.05) is 41.9 Å². The number of ether oxygens (including phenoxy) is 1. The predicted octanol–water partition coefficient (Wildman–Crippen LogP) is 4.20. The molecule has 0 aliphatic carbocycles. The molecule has 0 amide bonds. The highest BCUT2D eigenvalue weighted by molar-refractivity contribution is 6.33. The molecule has 0 aliphatic rings. The van der Waals surface area contributed by atoms with Crippen molar-refractivity contribution in [3.05, 3.63) is 70.9 Å². The first-order valence-electron chi connectivity index (χ1n) is 5.42. The molecule has 0 N–H and O–H groups in total. The molecule has 0 fully saturated rings. The molecule has 2 nitrogen and oxygen atoms in total. The Kier molecular flexibility index (Phi) is 4.15. The van der Waals surface area contributed by atoms with Crippen molar-refractivity contribution in [1.82, 2.24) is 0 Å². The summed E-state index contributed by atoms with van der Waals surface area (Å²) < 4.78 is 5.41. The molecule has 18 heavy (non-hydrogen) atoms. The van der Waals surface area contributed by atoms with Crippen LogP contribution in [0.2, 0.25) is 5.02 Å². The van der Waals surface area contributed by atoms with E-state index in [1.807, 2.05) is 36.4 Å². The van der Waals surface area contributed by atoms with Crippen LogP contribution >= 0.6 is 11.6 Å². The van der Waals surface area contributed by atoms with E-state index in [2.05, 4.69) is 0 Å². The van der Waals surface area contributed by atoms with Gasteiger partial charge in [0.25, 0.3) is 0 Å². The summed E-state index contributed by atoms with van der Waals surface area (Å²) >= 11 is 5.89. The maximum absolute atomic E-state index is 10.6. The van der Waals surface area contributed by atoms with Crippen LogP contribution in [0.15, 0.2) is 54.8 Å². The summed E-state index contributed by atoms with van der Waals surface area (Å²) in [4.78, 5) is 10.6. The fraction of sp³-hybridized carbons (Fsp3) is 0. The van der Waals surface area contributed by atoms with E-state index in [0.29, 0.717) is 22.6 Å². The highest BCUT2D eigenvalue weighted by Gasteiger charge is 2.00. The monoisotopic (exact) mass is 258 g/mol. The Balaban J connectivity index is 2.04. The number of hydrogen-bond donors (Lipinski definition) is 0. The van der Waals surface area contributed by atoms with Crippen LogP contribution in [-0.2, 0) is 0 Å². The highest BCUT2D eigenvalue weighted by Crippen LogP contribution is 2.21. The third-order valence-corrected chi connectivity index (χ3v) is 2.69. The van der Waals surface area contributed by atoms with Crippen LogP contribution in [0.25, 0.3) is 6.08 Å². The van der Waals surface area contributed by atoms with Gasteiger partial charge in [-0.2, -0.15) is 0 Å². The van der Waals surface area contributed by atoms with E-state index in [4.69, 9.17) is 16.3 Å². The van der Waals surface area contributed by atoms with Crippen LogP contribution in [0.1, 0.15) is 15.9 Å². The maximum Gasteiger partial charge on any atom is 0.151 e. The largest absolute Gasteiger partial charge is 0.465 e. The Morgan fingerprint density at radius 1 is 1.06 bits per heavy atom.